The van der Waals surface area contributed by atoms with Gasteiger partial charge in [0.25, 0.3) is 0 Å². The minimum Gasteiger partial charge on any atom is -0.465 e. The monoisotopic (exact) mass is 364 g/mol. The van der Waals surface area contributed by atoms with Gasteiger partial charge in [-0.15, -0.1) is 11.3 Å². The van der Waals surface area contributed by atoms with Crippen LogP contribution in [0.25, 0.3) is 10.7 Å². The van der Waals surface area contributed by atoms with E-state index in [-0.39, 0.29) is 0 Å². The highest BCUT2D eigenvalue weighted by molar-refractivity contribution is 7.16. The molecule has 0 aromatic carbocycles. The van der Waals surface area contributed by atoms with E-state index in [0.717, 1.165) is 11.3 Å². The normalized spacial score (nSPS) is 12.4. The molecule has 1 N–H and O–H groups in total. The van der Waals surface area contributed by atoms with Crippen molar-refractivity contribution in [2.75, 3.05) is 7.11 Å². The highest BCUT2D eigenvalue weighted by Crippen LogP contribution is 2.28. The van der Waals surface area contributed by atoms with Gasteiger partial charge in [-0.25, -0.2) is 14.6 Å². The van der Waals surface area contributed by atoms with Gasteiger partial charge in [0.2, 0.25) is 0 Å². The van der Waals surface area contributed by atoms with Crippen molar-refractivity contribution < 1.29 is 19.1 Å². The summed E-state index contributed by atoms with van der Waals surface area (Å²) in [6.45, 7) is 7.13. The lowest BCUT2D eigenvalue weighted by Gasteiger charge is -2.22. The van der Waals surface area contributed by atoms with Crippen LogP contribution in [0.1, 0.15) is 49.1 Å². The molecule has 0 spiro atoms. The van der Waals surface area contributed by atoms with Crippen LogP contribution >= 0.6 is 11.3 Å². The molecule has 2 heterocycles. The predicted octanol–water partition coefficient (Wildman–Crippen LogP) is 2.97. The van der Waals surface area contributed by atoms with Gasteiger partial charge in [0.05, 0.1) is 25.0 Å². The summed E-state index contributed by atoms with van der Waals surface area (Å²) in [7, 11) is 1.31. The van der Waals surface area contributed by atoms with E-state index in [1.807, 2.05) is 0 Å². The maximum absolute atomic E-state index is 12.0. The molecule has 2 aromatic heterocycles. The average molecular weight is 364 g/mol. The number of esters is 1. The summed E-state index contributed by atoms with van der Waals surface area (Å²) < 4.78 is 9.94. The van der Waals surface area contributed by atoms with Crippen molar-refractivity contribution in [1.82, 2.24) is 20.3 Å². The van der Waals surface area contributed by atoms with Gasteiger partial charge < -0.3 is 14.8 Å². The van der Waals surface area contributed by atoms with Crippen LogP contribution in [0.5, 0.6) is 0 Å². The van der Waals surface area contributed by atoms with Gasteiger partial charge in [-0.05, 0) is 27.7 Å². The molecule has 134 valence electrons. The molecular weight excluding hydrogens is 344 g/mol. The number of amides is 1. The van der Waals surface area contributed by atoms with E-state index in [2.05, 4.69) is 25.0 Å². The van der Waals surface area contributed by atoms with E-state index in [9.17, 15) is 9.59 Å². The summed E-state index contributed by atoms with van der Waals surface area (Å²) >= 11 is 1.15. The fraction of sp³-hybridized carbons (Fsp3) is 0.438. The van der Waals surface area contributed by atoms with Crippen LogP contribution in [0.15, 0.2) is 18.6 Å². The molecule has 0 aliphatic heterocycles. The number of carbonyl (C=O) groups is 2. The number of nitrogens with zero attached hydrogens (tertiary/aromatic N) is 3. The first-order valence-corrected chi connectivity index (χ1v) is 8.38. The van der Waals surface area contributed by atoms with Crippen molar-refractivity contribution in [3.63, 3.8) is 0 Å². The van der Waals surface area contributed by atoms with Crippen molar-refractivity contribution >= 4 is 23.4 Å². The third-order valence-electron chi connectivity index (χ3n) is 2.96. The van der Waals surface area contributed by atoms with Crippen LogP contribution in [-0.4, -0.2) is 39.7 Å². The van der Waals surface area contributed by atoms with Crippen LogP contribution < -0.4 is 5.32 Å². The molecule has 0 aliphatic rings. The largest absolute Gasteiger partial charge is 0.465 e. The Morgan fingerprint density at radius 1 is 1.20 bits per heavy atom. The van der Waals surface area contributed by atoms with Crippen molar-refractivity contribution in [3.8, 4) is 10.7 Å². The van der Waals surface area contributed by atoms with Crippen molar-refractivity contribution in [3.05, 3.63) is 29.2 Å². The van der Waals surface area contributed by atoms with Gasteiger partial charge >= 0.3 is 12.1 Å². The molecule has 2 rings (SSSR count). The van der Waals surface area contributed by atoms with Gasteiger partial charge in [0.1, 0.15) is 21.2 Å². The second kappa shape index (κ2) is 7.56. The fourth-order valence-electron chi connectivity index (χ4n) is 1.96. The number of hydrogen-bond acceptors (Lipinski definition) is 8. The van der Waals surface area contributed by atoms with E-state index in [1.54, 1.807) is 27.7 Å². The smallest absolute Gasteiger partial charge is 0.408 e. The number of aromatic nitrogens is 3. The number of thiazole rings is 1. The molecule has 9 heteroatoms. The highest BCUT2D eigenvalue weighted by atomic mass is 32.1. The molecule has 25 heavy (non-hydrogen) atoms. The number of methoxy groups -OCH3 is 1. The maximum atomic E-state index is 12.0. The molecule has 1 amide bonds. The van der Waals surface area contributed by atoms with Crippen LogP contribution in [0.3, 0.4) is 0 Å². The number of hydrogen-bond donors (Lipinski definition) is 1. The van der Waals surface area contributed by atoms with E-state index < -0.39 is 23.7 Å². The second-order valence-electron chi connectivity index (χ2n) is 6.18. The van der Waals surface area contributed by atoms with Crippen molar-refractivity contribution in [2.45, 2.75) is 39.3 Å². The van der Waals surface area contributed by atoms with Gasteiger partial charge in [0.15, 0.2) is 0 Å². The fourth-order valence-corrected chi connectivity index (χ4v) is 2.80. The second-order valence-corrected chi connectivity index (χ2v) is 7.21. The Labute approximate surface area is 149 Å². The Balaban J connectivity index is 2.24. The number of rotatable bonds is 4. The van der Waals surface area contributed by atoms with Crippen LogP contribution in [0, 0.1) is 0 Å². The predicted molar refractivity (Wildman–Crippen MR) is 92.3 cm³/mol. The van der Waals surface area contributed by atoms with Crippen LogP contribution in [-0.2, 0) is 9.47 Å². The standard InChI is InChI=1S/C16H20N4O4S/c1-9(20-15(22)24-16(2,3)4)11-12(18-7-6-17-11)13-19-8-10(25-13)14(21)23-5/h6-9H,1-5H3,(H,20,22)/t9-/m1/s1. The first kappa shape index (κ1) is 18.8. The van der Waals surface area contributed by atoms with Crippen LogP contribution in [0.4, 0.5) is 4.79 Å². The Morgan fingerprint density at radius 3 is 2.52 bits per heavy atom. The SMILES string of the molecule is COC(=O)c1cnc(-c2nccnc2[C@@H](C)NC(=O)OC(C)(C)C)s1. The van der Waals surface area contributed by atoms with Gasteiger partial charge in [0, 0.05) is 12.4 Å². The summed E-state index contributed by atoms with van der Waals surface area (Å²) in [6, 6.07) is -0.455. The Morgan fingerprint density at radius 2 is 1.88 bits per heavy atom. The summed E-state index contributed by atoms with van der Waals surface area (Å²) in [5.74, 6) is -0.464. The summed E-state index contributed by atoms with van der Waals surface area (Å²) in [4.78, 5) is 36.7. The molecule has 2 aromatic rings. The summed E-state index contributed by atoms with van der Waals surface area (Å²) in [5, 5.41) is 3.24. The molecule has 8 nitrogen and oxygen atoms in total. The Hall–Kier alpha value is -2.55. The zero-order chi connectivity index (χ0) is 18.6. The molecule has 0 unspecified atom stereocenters. The molecule has 0 aliphatic carbocycles. The van der Waals surface area contributed by atoms with E-state index in [4.69, 9.17) is 4.74 Å². The molecular formula is C16H20N4O4S. The first-order valence-electron chi connectivity index (χ1n) is 7.56. The quantitative estimate of drug-likeness (QED) is 0.832. The van der Waals surface area contributed by atoms with E-state index in [1.165, 1.54) is 25.7 Å². The number of nitrogens with one attached hydrogen (secondary N) is 1. The van der Waals surface area contributed by atoms with Crippen molar-refractivity contribution in [1.29, 1.82) is 0 Å². The topological polar surface area (TPSA) is 103 Å². The number of alkyl carbamates (subject to hydrolysis) is 1. The minimum atomic E-state index is -0.597. The van der Waals surface area contributed by atoms with E-state index >= 15 is 0 Å². The first-order chi connectivity index (χ1) is 11.7. The molecule has 0 saturated carbocycles. The zero-order valence-corrected chi connectivity index (χ0v) is 15.5. The maximum Gasteiger partial charge on any atom is 0.408 e. The zero-order valence-electron chi connectivity index (χ0n) is 14.7. The molecule has 0 radical (unpaired) electrons. The number of carbonyl (C=O) groups excluding carboxylic acids is 2. The average Bonchev–Trinajstić information content (AvgIpc) is 3.02. The highest BCUT2D eigenvalue weighted by Gasteiger charge is 2.23. The lowest BCUT2D eigenvalue weighted by Crippen LogP contribution is -2.34. The minimum absolute atomic E-state index is 0.363. The number of ether oxygens (including phenoxy) is 2. The summed E-state index contributed by atoms with van der Waals surface area (Å²) in [6.07, 6.45) is 3.93. The molecule has 1 atom stereocenters. The molecule has 0 fully saturated rings. The van der Waals surface area contributed by atoms with E-state index in [0.29, 0.717) is 21.3 Å². The molecule has 0 bridgehead atoms. The Kier molecular flexibility index (Phi) is 5.68. The lowest BCUT2D eigenvalue weighted by atomic mass is 10.2. The third-order valence-corrected chi connectivity index (χ3v) is 3.95. The molecule has 0 saturated heterocycles. The third kappa shape index (κ3) is 4.96. The van der Waals surface area contributed by atoms with Gasteiger partial charge in [-0.3, -0.25) is 9.97 Å². The lowest BCUT2D eigenvalue weighted by molar-refractivity contribution is 0.0506. The van der Waals surface area contributed by atoms with Crippen molar-refractivity contribution in [2.24, 2.45) is 0 Å². The Bertz CT molecular complexity index is 769. The van der Waals surface area contributed by atoms with Gasteiger partial charge in [-0.2, -0.15) is 0 Å². The summed E-state index contributed by atoms with van der Waals surface area (Å²) in [5.41, 5.74) is 0.421. The van der Waals surface area contributed by atoms with Crippen LogP contribution in [0.2, 0.25) is 0 Å². The van der Waals surface area contributed by atoms with Gasteiger partial charge in [-0.1, -0.05) is 0 Å².